The van der Waals surface area contributed by atoms with E-state index in [2.05, 4.69) is 54.5 Å². The summed E-state index contributed by atoms with van der Waals surface area (Å²) in [7, 11) is 0. The number of nitrogens with zero attached hydrogens (tertiary/aromatic N) is 1. The molecule has 0 bridgehead atoms. The maximum absolute atomic E-state index is 4.62. The topological polar surface area (TPSA) is 24.9 Å². The van der Waals surface area contributed by atoms with E-state index in [-0.39, 0.29) is 0 Å². The van der Waals surface area contributed by atoms with Crippen molar-refractivity contribution in [3.8, 4) is 0 Å². The molecule has 0 aliphatic rings. The Labute approximate surface area is 119 Å². The zero-order chi connectivity index (χ0) is 13.5. The highest BCUT2D eigenvalue weighted by atomic mass is 32.1. The SMILES string of the molecule is CC(C)CNCCC=CCc1nc2ccccc2s1. The van der Waals surface area contributed by atoms with Crippen molar-refractivity contribution in [1.29, 1.82) is 0 Å². The van der Waals surface area contributed by atoms with Crippen LogP contribution in [-0.4, -0.2) is 18.1 Å². The van der Waals surface area contributed by atoms with Gasteiger partial charge in [0.15, 0.2) is 0 Å². The van der Waals surface area contributed by atoms with Crippen LogP contribution in [0, 0.1) is 5.92 Å². The summed E-state index contributed by atoms with van der Waals surface area (Å²) >= 11 is 1.79. The summed E-state index contributed by atoms with van der Waals surface area (Å²) in [5.74, 6) is 0.728. The Hall–Kier alpha value is -1.19. The van der Waals surface area contributed by atoms with E-state index in [1.165, 1.54) is 9.71 Å². The predicted octanol–water partition coefficient (Wildman–Crippen LogP) is 4.03. The highest BCUT2D eigenvalue weighted by molar-refractivity contribution is 7.18. The molecule has 0 amide bonds. The average molecular weight is 274 g/mol. The number of hydrogen-bond donors (Lipinski definition) is 1. The first-order valence-corrected chi connectivity index (χ1v) is 7.77. The number of nitrogens with one attached hydrogen (secondary N) is 1. The van der Waals surface area contributed by atoms with Gasteiger partial charge < -0.3 is 5.32 Å². The molecule has 1 aromatic heterocycles. The Balaban J connectivity index is 1.73. The Bertz CT molecular complexity index is 495. The van der Waals surface area contributed by atoms with Crippen molar-refractivity contribution in [2.24, 2.45) is 5.92 Å². The maximum Gasteiger partial charge on any atom is 0.0976 e. The lowest BCUT2D eigenvalue weighted by Crippen LogP contribution is -2.20. The predicted molar refractivity (Wildman–Crippen MR) is 84.8 cm³/mol. The summed E-state index contributed by atoms with van der Waals surface area (Å²) in [5.41, 5.74) is 1.12. The molecular formula is C16H22N2S. The number of fused-ring (bicyclic) bond motifs is 1. The molecule has 102 valence electrons. The van der Waals surface area contributed by atoms with Gasteiger partial charge in [0.25, 0.3) is 0 Å². The summed E-state index contributed by atoms with van der Waals surface area (Å²) in [6.07, 6.45) is 6.52. The minimum Gasteiger partial charge on any atom is -0.316 e. The van der Waals surface area contributed by atoms with E-state index < -0.39 is 0 Å². The number of rotatable bonds is 7. The van der Waals surface area contributed by atoms with E-state index >= 15 is 0 Å². The lowest BCUT2D eigenvalue weighted by atomic mass is 10.2. The minimum absolute atomic E-state index is 0.728. The molecule has 2 aromatic rings. The zero-order valence-corrected chi connectivity index (χ0v) is 12.5. The van der Waals surface area contributed by atoms with E-state index in [4.69, 9.17) is 0 Å². The van der Waals surface area contributed by atoms with Gasteiger partial charge in [0.2, 0.25) is 0 Å². The van der Waals surface area contributed by atoms with Crippen LogP contribution in [0.1, 0.15) is 25.3 Å². The van der Waals surface area contributed by atoms with Crippen molar-refractivity contribution in [2.75, 3.05) is 13.1 Å². The third-order valence-corrected chi connectivity index (χ3v) is 3.90. The van der Waals surface area contributed by atoms with Crippen LogP contribution in [-0.2, 0) is 6.42 Å². The van der Waals surface area contributed by atoms with Crippen LogP contribution in [0.5, 0.6) is 0 Å². The monoisotopic (exact) mass is 274 g/mol. The molecule has 2 rings (SSSR count). The van der Waals surface area contributed by atoms with Gasteiger partial charge in [-0.3, -0.25) is 0 Å². The fraction of sp³-hybridized carbons (Fsp3) is 0.438. The quantitative estimate of drug-likeness (QED) is 0.609. The second-order valence-corrected chi connectivity index (χ2v) is 6.25. The zero-order valence-electron chi connectivity index (χ0n) is 11.7. The molecule has 2 nitrogen and oxygen atoms in total. The van der Waals surface area contributed by atoms with Crippen molar-refractivity contribution in [3.05, 3.63) is 41.4 Å². The molecule has 0 saturated heterocycles. The highest BCUT2D eigenvalue weighted by Crippen LogP contribution is 2.21. The molecule has 1 heterocycles. The average Bonchev–Trinajstić information content (AvgIpc) is 2.79. The first-order valence-electron chi connectivity index (χ1n) is 6.96. The van der Waals surface area contributed by atoms with Crippen LogP contribution < -0.4 is 5.32 Å². The van der Waals surface area contributed by atoms with Gasteiger partial charge in [-0.2, -0.15) is 0 Å². The molecular weight excluding hydrogens is 252 g/mol. The van der Waals surface area contributed by atoms with Gasteiger partial charge >= 0.3 is 0 Å². The lowest BCUT2D eigenvalue weighted by Gasteiger charge is -2.04. The van der Waals surface area contributed by atoms with E-state index in [0.717, 1.165) is 37.4 Å². The van der Waals surface area contributed by atoms with Crippen LogP contribution in [0.15, 0.2) is 36.4 Å². The molecule has 1 N–H and O–H groups in total. The van der Waals surface area contributed by atoms with Crippen molar-refractivity contribution in [3.63, 3.8) is 0 Å². The normalized spacial score (nSPS) is 11.9. The molecule has 0 radical (unpaired) electrons. The van der Waals surface area contributed by atoms with Gasteiger partial charge in [0.1, 0.15) is 0 Å². The summed E-state index contributed by atoms with van der Waals surface area (Å²) in [6, 6.07) is 8.33. The van der Waals surface area contributed by atoms with Crippen molar-refractivity contribution < 1.29 is 0 Å². The Morgan fingerprint density at radius 1 is 1.26 bits per heavy atom. The molecule has 1 aromatic carbocycles. The smallest absolute Gasteiger partial charge is 0.0976 e. The number of benzene rings is 1. The van der Waals surface area contributed by atoms with Gasteiger partial charge in [0, 0.05) is 6.42 Å². The van der Waals surface area contributed by atoms with Crippen LogP contribution >= 0.6 is 11.3 Å². The lowest BCUT2D eigenvalue weighted by molar-refractivity contribution is 0.556. The van der Waals surface area contributed by atoms with E-state index in [9.17, 15) is 0 Å². The molecule has 0 saturated carbocycles. The molecule has 3 heteroatoms. The van der Waals surface area contributed by atoms with Crippen molar-refractivity contribution in [2.45, 2.75) is 26.7 Å². The van der Waals surface area contributed by atoms with Gasteiger partial charge in [-0.25, -0.2) is 4.98 Å². The standard InChI is InChI=1S/C16H22N2S/c1-13(2)12-17-11-7-3-4-10-16-18-14-8-5-6-9-15(14)19-16/h3-6,8-9,13,17H,7,10-12H2,1-2H3. The second kappa shape index (κ2) is 7.41. The fourth-order valence-corrected chi connectivity index (χ4v) is 2.83. The summed E-state index contributed by atoms with van der Waals surface area (Å²) in [4.78, 5) is 4.62. The van der Waals surface area contributed by atoms with Crippen LogP contribution in [0.2, 0.25) is 0 Å². The highest BCUT2D eigenvalue weighted by Gasteiger charge is 2.00. The largest absolute Gasteiger partial charge is 0.316 e. The molecule has 0 aliphatic carbocycles. The van der Waals surface area contributed by atoms with Crippen molar-refractivity contribution in [1.82, 2.24) is 10.3 Å². The van der Waals surface area contributed by atoms with Gasteiger partial charge in [0.05, 0.1) is 15.2 Å². The number of thiazole rings is 1. The number of allylic oxidation sites excluding steroid dienone is 1. The first kappa shape index (κ1) is 14.2. The summed E-state index contributed by atoms with van der Waals surface area (Å²) in [5, 5.41) is 4.64. The number of para-hydroxylation sites is 1. The van der Waals surface area contributed by atoms with Gasteiger partial charge in [-0.15, -0.1) is 11.3 Å². The maximum atomic E-state index is 4.62. The van der Waals surface area contributed by atoms with Crippen LogP contribution in [0.4, 0.5) is 0 Å². The summed E-state index contributed by atoms with van der Waals surface area (Å²) < 4.78 is 1.28. The second-order valence-electron chi connectivity index (χ2n) is 5.14. The fourth-order valence-electron chi connectivity index (χ4n) is 1.89. The molecule has 0 unspecified atom stereocenters. The first-order chi connectivity index (χ1) is 9.25. The Morgan fingerprint density at radius 3 is 2.89 bits per heavy atom. The Kier molecular flexibility index (Phi) is 5.55. The van der Waals surface area contributed by atoms with Crippen LogP contribution in [0.3, 0.4) is 0 Å². The molecule has 0 atom stereocenters. The van der Waals surface area contributed by atoms with Crippen LogP contribution in [0.25, 0.3) is 10.2 Å². The minimum atomic E-state index is 0.728. The van der Waals surface area contributed by atoms with Crippen molar-refractivity contribution >= 4 is 21.6 Å². The molecule has 19 heavy (non-hydrogen) atoms. The van der Waals surface area contributed by atoms with Gasteiger partial charge in [-0.1, -0.05) is 38.1 Å². The van der Waals surface area contributed by atoms with E-state index in [1.807, 2.05) is 6.07 Å². The third-order valence-electron chi connectivity index (χ3n) is 2.84. The summed E-state index contributed by atoms with van der Waals surface area (Å²) in [6.45, 7) is 6.63. The number of hydrogen-bond acceptors (Lipinski definition) is 3. The van der Waals surface area contributed by atoms with Gasteiger partial charge in [-0.05, 0) is 37.6 Å². The number of aromatic nitrogens is 1. The third kappa shape index (κ3) is 4.77. The molecule has 0 spiro atoms. The van der Waals surface area contributed by atoms with E-state index in [1.54, 1.807) is 11.3 Å². The molecule has 0 aliphatic heterocycles. The molecule has 0 fully saturated rings. The van der Waals surface area contributed by atoms with E-state index in [0.29, 0.717) is 0 Å². The Morgan fingerprint density at radius 2 is 2.11 bits per heavy atom.